The minimum Gasteiger partial charge on any atom is -0.480 e. The van der Waals surface area contributed by atoms with Crippen molar-refractivity contribution in [1.82, 2.24) is 4.98 Å². The number of H-pyrrole nitrogens is 1. The second-order valence-electron chi connectivity index (χ2n) is 5.97. The number of hydrogen-bond acceptors (Lipinski definition) is 4. The highest BCUT2D eigenvalue weighted by molar-refractivity contribution is 6.32. The molecule has 0 fully saturated rings. The van der Waals surface area contributed by atoms with Crippen LogP contribution in [0, 0.1) is 6.92 Å². The minimum atomic E-state index is -0.918. The SMILES string of the molecule is Cc1ccc(Cl)c(OCC(=O)O[C@H](C)C(=O)c2c[nH]c3ccccc23)c1. The van der Waals surface area contributed by atoms with Crippen molar-refractivity contribution in [3.63, 3.8) is 0 Å². The molecule has 0 saturated carbocycles. The first-order valence-corrected chi connectivity index (χ1v) is 8.52. The predicted molar refractivity (Wildman–Crippen MR) is 99.9 cm³/mol. The number of nitrogens with one attached hydrogen (secondary N) is 1. The summed E-state index contributed by atoms with van der Waals surface area (Å²) in [4.78, 5) is 27.6. The number of halogens is 1. The summed E-state index contributed by atoms with van der Waals surface area (Å²) in [5.74, 6) is -0.508. The first kappa shape index (κ1) is 18.0. The van der Waals surface area contributed by atoms with Crippen molar-refractivity contribution >= 4 is 34.3 Å². The van der Waals surface area contributed by atoms with E-state index < -0.39 is 12.1 Å². The van der Waals surface area contributed by atoms with Crippen molar-refractivity contribution in [2.45, 2.75) is 20.0 Å². The zero-order valence-electron chi connectivity index (χ0n) is 14.4. The van der Waals surface area contributed by atoms with Crippen molar-refractivity contribution < 1.29 is 19.1 Å². The number of aromatic nitrogens is 1. The number of benzene rings is 2. The number of Topliss-reactive ketones (excluding diaryl/α,β-unsaturated/α-hetero) is 1. The number of ketones is 1. The molecular formula is C20H18ClNO4. The predicted octanol–water partition coefficient (Wildman–Crippen LogP) is 4.32. The van der Waals surface area contributed by atoms with Crippen LogP contribution < -0.4 is 4.74 Å². The van der Waals surface area contributed by atoms with Crippen molar-refractivity contribution in [2.24, 2.45) is 0 Å². The lowest BCUT2D eigenvalue weighted by Crippen LogP contribution is -2.27. The van der Waals surface area contributed by atoms with Gasteiger partial charge >= 0.3 is 5.97 Å². The molecule has 1 heterocycles. The average Bonchev–Trinajstić information content (AvgIpc) is 3.05. The Morgan fingerprint density at radius 1 is 1.19 bits per heavy atom. The van der Waals surface area contributed by atoms with Gasteiger partial charge in [-0.1, -0.05) is 35.9 Å². The summed E-state index contributed by atoms with van der Waals surface area (Å²) in [6.07, 6.45) is 0.707. The highest BCUT2D eigenvalue weighted by atomic mass is 35.5. The molecule has 0 aliphatic rings. The standard InChI is InChI=1S/C20H18ClNO4/c1-12-7-8-16(21)18(9-12)25-11-19(23)26-13(2)20(24)15-10-22-17-6-4-3-5-14(15)17/h3-10,13,22H,11H2,1-2H3/t13-/m1/s1. The second kappa shape index (κ2) is 7.62. The summed E-state index contributed by atoms with van der Waals surface area (Å²) in [5, 5.41) is 1.20. The molecule has 3 rings (SSSR count). The molecule has 1 N–H and O–H groups in total. The summed E-state index contributed by atoms with van der Waals surface area (Å²) in [7, 11) is 0. The minimum absolute atomic E-state index is 0.274. The summed E-state index contributed by atoms with van der Waals surface area (Å²) >= 11 is 6.02. The van der Waals surface area contributed by atoms with Crippen LogP contribution in [0.2, 0.25) is 5.02 Å². The van der Waals surface area contributed by atoms with Gasteiger partial charge in [0.15, 0.2) is 12.7 Å². The third-order valence-electron chi connectivity index (χ3n) is 3.96. The molecule has 0 bridgehead atoms. The van der Waals surface area contributed by atoms with Gasteiger partial charge in [0.1, 0.15) is 5.75 Å². The van der Waals surface area contributed by atoms with E-state index in [1.807, 2.05) is 37.3 Å². The maximum Gasteiger partial charge on any atom is 0.344 e. The van der Waals surface area contributed by atoms with Crippen LogP contribution in [0.5, 0.6) is 5.75 Å². The van der Waals surface area contributed by atoms with Crippen LogP contribution in [0.4, 0.5) is 0 Å². The molecule has 134 valence electrons. The topological polar surface area (TPSA) is 68.4 Å². The van der Waals surface area contributed by atoms with Crippen LogP contribution in [-0.2, 0) is 9.53 Å². The summed E-state index contributed by atoms with van der Waals surface area (Å²) in [6, 6.07) is 12.7. The maximum atomic E-state index is 12.6. The normalized spacial score (nSPS) is 12.0. The molecule has 2 aromatic carbocycles. The molecule has 0 aliphatic heterocycles. The first-order chi connectivity index (χ1) is 12.5. The molecular weight excluding hydrogens is 354 g/mol. The lowest BCUT2D eigenvalue weighted by molar-refractivity contribution is -0.148. The lowest BCUT2D eigenvalue weighted by Gasteiger charge is -2.13. The van der Waals surface area contributed by atoms with E-state index in [-0.39, 0.29) is 12.4 Å². The highest BCUT2D eigenvalue weighted by Crippen LogP contribution is 2.25. The van der Waals surface area contributed by atoms with E-state index in [9.17, 15) is 9.59 Å². The largest absolute Gasteiger partial charge is 0.480 e. The van der Waals surface area contributed by atoms with Gasteiger partial charge in [0, 0.05) is 22.7 Å². The number of ether oxygens (including phenoxy) is 2. The van der Waals surface area contributed by atoms with Gasteiger partial charge in [0.2, 0.25) is 5.78 Å². The number of carbonyl (C=O) groups excluding carboxylic acids is 2. The lowest BCUT2D eigenvalue weighted by atomic mass is 10.1. The Labute approximate surface area is 155 Å². The Balaban J connectivity index is 1.62. The van der Waals surface area contributed by atoms with Crippen LogP contribution in [0.3, 0.4) is 0 Å². The monoisotopic (exact) mass is 371 g/mol. The number of aryl methyl sites for hydroxylation is 1. The zero-order chi connectivity index (χ0) is 18.7. The van der Waals surface area contributed by atoms with Gasteiger partial charge in [-0.25, -0.2) is 4.79 Å². The van der Waals surface area contributed by atoms with E-state index in [4.69, 9.17) is 21.1 Å². The quantitative estimate of drug-likeness (QED) is 0.517. The number of hydrogen-bond donors (Lipinski definition) is 1. The van der Waals surface area contributed by atoms with E-state index in [2.05, 4.69) is 4.98 Å². The summed E-state index contributed by atoms with van der Waals surface area (Å²) in [6.45, 7) is 3.11. The number of rotatable bonds is 6. The van der Waals surface area contributed by atoms with Gasteiger partial charge in [0.25, 0.3) is 0 Å². The number of carbonyl (C=O) groups is 2. The van der Waals surface area contributed by atoms with Crippen molar-refractivity contribution in [2.75, 3.05) is 6.61 Å². The summed E-state index contributed by atoms with van der Waals surface area (Å²) in [5.41, 5.74) is 2.30. The van der Waals surface area contributed by atoms with Crippen LogP contribution in [-0.4, -0.2) is 29.4 Å². The maximum absolute atomic E-state index is 12.6. The van der Waals surface area contributed by atoms with Crippen molar-refractivity contribution in [3.05, 3.63) is 64.8 Å². The van der Waals surface area contributed by atoms with Crippen molar-refractivity contribution in [3.8, 4) is 5.75 Å². The van der Waals surface area contributed by atoms with E-state index in [0.717, 1.165) is 16.5 Å². The van der Waals surface area contributed by atoms with Crippen LogP contribution in [0.1, 0.15) is 22.8 Å². The van der Waals surface area contributed by atoms with Gasteiger partial charge in [-0.15, -0.1) is 0 Å². The zero-order valence-corrected chi connectivity index (χ0v) is 15.2. The van der Waals surface area contributed by atoms with Gasteiger partial charge in [-0.3, -0.25) is 4.79 Å². The van der Waals surface area contributed by atoms with Crippen LogP contribution in [0.25, 0.3) is 10.9 Å². The van der Waals surface area contributed by atoms with Crippen molar-refractivity contribution in [1.29, 1.82) is 0 Å². The fourth-order valence-corrected chi connectivity index (χ4v) is 2.81. The molecule has 0 radical (unpaired) electrons. The Bertz CT molecular complexity index is 963. The van der Waals surface area contributed by atoms with E-state index in [1.165, 1.54) is 0 Å². The third kappa shape index (κ3) is 3.89. The Morgan fingerprint density at radius 3 is 2.77 bits per heavy atom. The van der Waals surface area contributed by atoms with E-state index in [0.29, 0.717) is 16.3 Å². The third-order valence-corrected chi connectivity index (χ3v) is 4.28. The molecule has 26 heavy (non-hydrogen) atoms. The van der Waals surface area contributed by atoms with E-state index in [1.54, 1.807) is 25.3 Å². The molecule has 0 saturated heterocycles. The molecule has 0 unspecified atom stereocenters. The average molecular weight is 372 g/mol. The molecule has 0 spiro atoms. The molecule has 1 atom stereocenters. The van der Waals surface area contributed by atoms with Crippen LogP contribution >= 0.6 is 11.6 Å². The smallest absolute Gasteiger partial charge is 0.344 e. The molecule has 0 aliphatic carbocycles. The van der Waals surface area contributed by atoms with Gasteiger partial charge in [-0.05, 0) is 37.6 Å². The van der Waals surface area contributed by atoms with Gasteiger partial charge in [0.05, 0.1) is 5.02 Å². The Hall–Kier alpha value is -2.79. The Kier molecular flexibility index (Phi) is 5.28. The Morgan fingerprint density at radius 2 is 1.96 bits per heavy atom. The first-order valence-electron chi connectivity index (χ1n) is 8.14. The fourth-order valence-electron chi connectivity index (χ4n) is 2.64. The molecule has 5 nitrogen and oxygen atoms in total. The molecule has 3 aromatic rings. The molecule has 1 aromatic heterocycles. The van der Waals surface area contributed by atoms with E-state index >= 15 is 0 Å². The second-order valence-corrected chi connectivity index (χ2v) is 6.37. The number of fused-ring (bicyclic) bond motifs is 1. The number of aromatic amines is 1. The van der Waals surface area contributed by atoms with Crippen LogP contribution in [0.15, 0.2) is 48.7 Å². The molecule has 0 amide bonds. The molecule has 6 heteroatoms. The highest BCUT2D eigenvalue weighted by Gasteiger charge is 2.22. The number of esters is 1. The number of para-hydroxylation sites is 1. The van der Waals surface area contributed by atoms with Gasteiger partial charge in [-0.2, -0.15) is 0 Å². The van der Waals surface area contributed by atoms with Gasteiger partial charge < -0.3 is 14.5 Å². The summed E-state index contributed by atoms with van der Waals surface area (Å²) < 4.78 is 10.6. The fraction of sp³-hybridized carbons (Fsp3) is 0.200.